The number of fused-ring (bicyclic) bond motifs is 2. The zero-order valence-electron chi connectivity index (χ0n) is 23.0. The third-order valence-electron chi connectivity index (χ3n) is 8.03. The third-order valence-corrected chi connectivity index (χ3v) is 8.03. The van der Waals surface area contributed by atoms with Crippen LogP contribution in [-0.4, -0.2) is 52.7 Å². The van der Waals surface area contributed by atoms with Crippen molar-refractivity contribution in [2.24, 2.45) is 0 Å². The lowest BCUT2D eigenvalue weighted by Gasteiger charge is -2.46. The van der Waals surface area contributed by atoms with Crippen LogP contribution in [0.1, 0.15) is 70.3 Å². The molecule has 1 aliphatic heterocycles. The number of nitrogens with one attached hydrogen (secondary N) is 2. The molecule has 1 saturated carbocycles. The van der Waals surface area contributed by atoms with Gasteiger partial charge in [-0.05, 0) is 60.4 Å². The van der Waals surface area contributed by atoms with Crippen molar-refractivity contribution in [1.82, 2.24) is 19.7 Å². The molecule has 0 saturated heterocycles. The van der Waals surface area contributed by atoms with E-state index in [1.807, 2.05) is 42.5 Å². The lowest BCUT2D eigenvalue weighted by atomic mass is 9.88. The first kappa shape index (κ1) is 26.7. The van der Waals surface area contributed by atoms with Crippen molar-refractivity contribution in [3.05, 3.63) is 88.7 Å². The summed E-state index contributed by atoms with van der Waals surface area (Å²) in [5, 5.41) is 5.83. The smallest absolute Gasteiger partial charge is 0.268 e. The molecule has 204 valence electrons. The van der Waals surface area contributed by atoms with Gasteiger partial charge in [-0.3, -0.25) is 19.3 Å². The van der Waals surface area contributed by atoms with Crippen LogP contribution >= 0.6 is 0 Å². The second kappa shape index (κ2) is 11.1. The second-order valence-electron chi connectivity index (χ2n) is 10.9. The molecule has 0 radical (unpaired) electrons. The van der Waals surface area contributed by atoms with E-state index in [0.29, 0.717) is 17.8 Å². The summed E-state index contributed by atoms with van der Waals surface area (Å²) in [6.45, 7) is 4.34. The Morgan fingerprint density at radius 3 is 2.18 bits per heavy atom. The summed E-state index contributed by atoms with van der Waals surface area (Å²) in [4.78, 5) is 40.9. The molecule has 2 heterocycles. The number of hydrogen-bond donors (Lipinski definition) is 2. The van der Waals surface area contributed by atoms with E-state index in [9.17, 15) is 14.4 Å². The summed E-state index contributed by atoms with van der Waals surface area (Å²) in [5.74, 6) is -0.172. The predicted octanol–water partition coefficient (Wildman–Crippen LogP) is 4.36. The standard InChI is InChI=1S/C31H37N5O3/c1-22(37)33-26-12-8-23(9-13-26)20-32-29(38)27-14-15-28-31(16-4-5-17-31)35(18-19-36(27)28)21-24-6-10-25(11-7-24)30(39)34(2)3/h6-15H,4-5,16-21H2,1-3H3,(H,32,38)(H,33,37). The third kappa shape index (κ3) is 5.47. The minimum absolute atomic E-state index is 0.0115. The molecule has 1 aromatic heterocycles. The van der Waals surface area contributed by atoms with Gasteiger partial charge in [-0.25, -0.2) is 0 Å². The van der Waals surface area contributed by atoms with Gasteiger partial charge in [-0.15, -0.1) is 0 Å². The fraction of sp³-hybridized carbons (Fsp3) is 0.387. The molecular formula is C31H37N5O3. The lowest BCUT2D eigenvalue weighted by molar-refractivity contribution is -0.114. The van der Waals surface area contributed by atoms with Gasteiger partial charge in [-0.1, -0.05) is 37.1 Å². The number of rotatable bonds is 7. The topological polar surface area (TPSA) is 86.7 Å². The van der Waals surface area contributed by atoms with E-state index in [1.165, 1.54) is 31.0 Å². The van der Waals surface area contributed by atoms with Crippen molar-refractivity contribution in [1.29, 1.82) is 0 Å². The van der Waals surface area contributed by atoms with Crippen LogP contribution in [0, 0.1) is 0 Å². The van der Waals surface area contributed by atoms with E-state index >= 15 is 0 Å². The largest absolute Gasteiger partial charge is 0.347 e. The zero-order chi connectivity index (χ0) is 27.6. The van der Waals surface area contributed by atoms with Crippen molar-refractivity contribution in [2.75, 3.05) is 26.0 Å². The number of anilines is 1. The van der Waals surface area contributed by atoms with Gasteiger partial charge in [0.05, 0.1) is 5.54 Å². The van der Waals surface area contributed by atoms with Gasteiger partial charge in [0.2, 0.25) is 5.91 Å². The first-order valence-corrected chi connectivity index (χ1v) is 13.7. The van der Waals surface area contributed by atoms with Crippen molar-refractivity contribution in [3.8, 4) is 0 Å². The number of carbonyl (C=O) groups is 3. The molecule has 8 heteroatoms. The molecule has 2 aliphatic rings. The average Bonchev–Trinajstić information content (AvgIpc) is 3.58. The van der Waals surface area contributed by atoms with Crippen LogP contribution < -0.4 is 10.6 Å². The average molecular weight is 528 g/mol. The van der Waals surface area contributed by atoms with Crippen LogP contribution in [0.4, 0.5) is 5.69 Å². The Labute approximate surface area is 230 Å². The minimum Gasteiger partial charge on any atom is -0.347 e. The number of carbonyl (C=O) groups excluding carboxylic acids is 3. The number of hydrogen-bond acceptors (Lipinski definition) is 4. The molecule has 5 rings (SSSR count). The van der Waals surface area contributed by atoms with E-state index in [-0.39, 0.29) is 23.3 Å². The van der Waals surface area contributed by atoms with Gasteiger partial charge in [-0.2, -0.15) is 0 Å². The minimum atomic E-state index is -0.109. The normalized spacial score (nSPS) is 16.1. The lowest BCUT2D eigenvalue weighted by Crippen LogP contribution is -2.50. The summed E-state index contributed by atoms with van der Waals surface area (Å²) in [7, 11) is 3.54. The SMILES string of the molecule is CC(=O)Nc1ccc(CNC(=O)c2ccc3n2CCN(Cc2ccc(C(=O)N(C)C)cc2)C32CCCC2)cc1. The fourth-order valence-electron chi connectivity index (χ4n) is 6.09. The Morgan fingerprint density at radius 1 is 0.872 bits per heavy atom. The molecule has 3 aromatic rings. The summed E-state index contributed by atoms with van der Waals surface area (Å²) < 4.78 is 2.22. The van der Waals surface area contributed by atoms with Gasteiger partial charge in [0.1, 0.15) is 5.69 Å². The maximum absolute atomic E-state index is 13.2. The molecule has 0 bridgehead atoms. The number of benzene rings is 2. The Bertz CT molecular complexity index is 1350. The fourth-order valence-corrected chi connectivity index (χ4v) is 6.09. The zero-order valence-corrected chi connectivity index (χ0v) is 23.0. The van der Waals surface area contributed by atoms with Crippen LogP contribution in [0.15, 0.2) is 60.7 Å². The summed E-state index contributed by atoms with van der Waals surface area (Å²) in [6, 6.07) is 19.6. The highest BCUT2D eigenvalue weighted by Gasteiger charge is 2.45. The molecule has 1 fully saturated rings. The van der Waals surface area contributed by atoms with Gasteiger partial charge in [0, 0.05) is 64.1 Å². The summed E-state index contributed by atoms with van der Waals surface area (Å²) >= 11 is 0. The molecule has 2 N–H and O–H groups in total. The van der Waals surface area contributed by atoms with Crippen molar-refractivity contribution in [2.45, 2.75) is 57.8 Å². The Morgan fingerprint density at radius 2 is 1.54 bits per heavy atom. The van der Waals surface area contributed by atoms with E-state index in [0.717, 1.165) is 43.7 Å². The first-order chi connectivity index (χ1) is 18.8. The molecule has 2 aromatic carbocycles. The molecule has 0 atom stereocenters. The Hall–Kier alpha value is -3.91. The van der Waals surface area contributed by atoms with Crippen LogP contribution in [0.25, 0.3) is 0 Å². The second-order valence-corrected chi connectivity index (χ2v) is 10.9. The highest BCUT2D eigenvalue weighted by molar-refractivity contribution is 5.94. The number of nitrogens with zero attached hydrogens (tertiary/aromatic N) is 3. The predicted molar refractivity (Wildman–Crippen MR) is 151 cm³/mol. The van der Waals surface area contributed by atoms with Crippen LogP contribution in [0.5, 0.6) is 0 Å². The maximum Gasteiger partial charge on any atom is 0.268 e. The van der Waals surface area contributed by atoms with E-state index in [2.05, 4.69) is 38.3 Å². The van der Waals surface area contributed by atoms with Crippen molar-refractivity contribution >= 4 is 23.4 Å². The maximum atomic E-state index is 13.2. The highest BCUT2D eigenvalue weighted by atomic mass is 16.2. The van der Waals surface area contributed by atoms with Crippen LogP contribution in [0.2, 0.25) is 0 Å². The Kier molecular flexibility index (Phi) is 7.57. The van der Waals surface area contributed by atoms with Gasteiger partial charge < -0.3 is 20.1 Å². The van der Waals surface area contributed by atoms with E-state index in [1.54, 1.807) is 19.0 Å². The molecular weight excluding hydrogens is 490 g/mol. The molecule has 1 spiro atoms. The monoisotopic (exact) mass is 527 g/mol. The molecule has 39 heavy (non-hydrogen) atoms. The molecule has 8 nitrogen and oxygen atoms in total. The highest BCUT2D eigenvalue weighted by Crippen LogP contribution is 2.47. The van der Waals surface area contributed by atoms with Crippen LogP contribution in [-0.2, 0) is 30.0 Å². The first-order valence-electron chi connectivity index (χ1n) is 13.7. The number of aromatic nitrogens is 1. The van der Waals surface area contributed by atoms with Gasteiger partial charge >= 0.3 is 0 Å². The molecule has 0 unspecified atom stereocenters. The van der Waals surface area contributed by atoms with Gasteiger partial charge in [0.25, 0.3) is 11.8 Å². The summed E-state index contributed by atoms with van der Waals surface area (Å²) in [6.07, 6.45) is 4.51. The number of amides is 3. The van der Waals surface area contributed by atoms with E-state index in [4.69, 9.17) is 0 Å². The van der Waals surface area contributed by atoms with E-state index < -0.39 is 0 Å². The Balaban J connectivity index is 1.29. The van der Waals surface area contributed by atoms with Crippen molar-refractivity contribution < 1.29 is 14.4 Å². The van der Waals surface area contributed by atoms with Crippen LogP contribution in [0.3, 0.4) is 0 Å². The van der Waals surface area contributed by atoms with Crippen molar-refractivity contribution in [3.63, 3.8) is 0 Å². The summed E-state index contributed by atoms with van der Waals surface area (Å²) in [5.41, 5.74) is 5.47. The quantitative estimate of drug-likeness (QED) is 0.478. The molecule has 3 amide bonds. The van der Waals surface area contributed by atoms with Gasteiger partial charge in [0.15, 0.2) is 0 Å². The molecule has 1 aliphatic carbocycles.